The van der Waals surface area contributed by atoms with E-state index in [2.05, 4.69) is 33.7 Å². The Kier molecular flexibility index (Phi) is 3.64. The molecule has 0 aliphatic carbocycles. The smallest absolute Gasteiger partial charge is 0.142 e. The Morgan fingerprint density at radius 3 is 2.94 bits per heavy atom. The molecule has 2 rings (SSSR count). The maximum atomic E-state index is 4.54. The maximum Gasteiger partial charge on any atom is 0.142 e. The van der Waals surface area contributed by atoms with Crippen molar-refractivity contribution in [3.63, 3.8) is 0 Å². The van der Waals surface area contributed by atoms with Gasteiger partial charge < -0.3 is 5.32 Å². The minimum atomic E-state index is 0.832. The number of aryl methyl sites for hydroxylation is 1. The second-order valence-electron chi connectivity index (χ2n) is 3.65. The SMILES string of the molecule is CCNCc1csc(-c2ccc(C)cn2)n1. The van der Waals surface area contributed by atoms with Crippen molar-refractivity contribution < 1.29 is 0 Å². The average Bonchev–Trinajstić information content (AvgIpc) is 2.76. The molecule has 0 aromatic carbocycles. The van der Waals surface area contributed by atoms with Gasteiger partial charge >= 0.3 is 0 Å². The molecule has 4 heteroatoms. The molecule has 2 aromatic rings. The Morgan fingerprint density at radius 1 is 1.38 bits per heavy atom. The first-order chi connectivity index (χ1) is 7.79. The van der Waals surface area contributed by atoms with Crippen molar-refractivity contribution in [1.82, 2.24) is 15.3 Å². The lowest BCUT2D eigenvalue weighted by Gasteiger charge is -1.97. The number of thiazole rings is 1. The standard InChI is InChI=1S/C12H15N3S/c1-3-13-7-10-8-16-12(15-10)11-5-4-9(2)6-14-11/h4-6,8,13H,3,7H2,1-2H3. The van der Waals surface area contributed by atoms with E-state index in [1.54, 1.807) is 11.3 Å². The first kappa shape index (κ1) is 11.2. The van der Waals surface area contributed by atoms with Crippen molar-refractivity contribution in [3.8, 4) is 10.7 Å². The van der Waals surface area contributed by atoms with E-state index in [-0.39, 0.29) is 0 Å². The Morgan fingerprint density at radius 2 is 2.25 bits per heavy atom. The van der Waals surface area contributed by atoms with Crippen LogP contribution in [0.2, 0.25) is 0 Å². The first-order valence-electron chi connectivity index (χ1n) is 5.37. The number of aromatic nitrogens is 2. The molecule has 2 aromatic heterocycles. The Hall–Kier alpha value is -1.26. The maximum absolute atomic E-state index is 4.54. The van der Waals surface area contributed by atoms with E-state index < -0.39 is 0 Å². The lowest BCUT2D eigenvalue weighted by Crippen LogP contribution is -2.11. The largest absolute Gasteiger partial charge is 0.311 e. The summed E-state index contributed by atoms with van der Waals surface area (Å²) < 4.78 is 0. The molecule has 0 fully saturated rings. The van der Waals surface area contributed by atoms with Crippen LogP contribution in [0.5, 0.6) is 0 Å². The highest BCUT2D eigenvalue weighted by molar-refractivity contribution is 7.13. The van der Waals surface area contributed by atoms with Crippen LogP contribution in [0.1, 0.15) is 18.2 Å². The van der Waals surface area contributed by atoms with Crippen LogP contribution >= 0.6 is 11.3 Å². The van der Waals surface area contributed by atoms with Crippen molar-refractivity contribution in [2.45, 2.75) is 20.4 Å². The van der Waals surface area contributed by atoms with Gasteiger partial charge in [0.25, 0.3) is 0 Å². The Bertz CT molecular complexity index is 448. The molecule has 1 N–H and O–H groups in total. The van der Waals surface area contributed by atoms with Gasteiger partial charge in [-0.25, -0.2) is 4.98 Å². The zero-order chi connectivity index (χ0) is 11.4. The first-order valence-corrected chi connectivity index (χ1v) is 6.25. The third kappa shape index (κ3) is 2.65. The molecule has 2 heterocycles. The average molecular weight is 233 g/mol. The zero-order valence-electron chi connectivity index (χ0n) is 9.53. The topological polar surface area (TPSA) is 37.8 Å². The van der Waals surface area contributed by atoms with Crippen LogP contribution in [0, 0.1) is 6.92 Å². The fraction of sp³-hybridized carbons (Fsp3) is 0.333. The van der Waals surface area contributed by atoms with Crippen molar-refractivity contribution in [2.75, 3.05) is 6.54 Å². The Labute approximate surface area is 99.6 Å². The van der Waals surface area contributed by atoms with E-state index in [1.165, 1.54) is 5.56 Å². The summed E-state index contributed by atoms with van der Waals surface area (Å²) in [5.74, 6) is 0. The molecular weight excluding hydrogens is 218 g/mol. The van der Waals surface area contributed by atoms with Crippen LogP contribution < -0.4 is 5.32 Å². The molecule has 0 bridgehead atoms. The zero-order valence-corrected chi connectivity index (χ0v) is 10.3. The minimum Gasteiger partial charge on any atom is -0.311 e. The van der Waals surface area contributed by atoms with Gasteiger partial charge in [-0.3, -0.25) is 4.98 Å². The minimum absolute atomic E-state index is 0.832. The highest BCUT2D eigenvalue weighted by Gasteiger charge is 2.04. The van der Waals surface area contributed by atoms with Gasteiger partial charge in [-0.1, -0.05) is 13.0 Å². The van der Waals surface area contributed by atoms with Crippen molar-refractivity contribution in [3.05, 3.63) is 35.0 Å². The number of hydrogen-bond acceptors (Lipinski definition) is 4. The summed E-state index contributed by atoms with van der Waals surface area (Å²) in [5.41, 5.74) is 3.22. The summed E-state index contributed by atoms with van der Waals surface area (Å²) in [5, 5.41) is 6.34. The van der Waals surface area contributed by atoms with Crippen molar-refractivity contribution >= 4 is 11.3 Å². The molecule has 16 heavy (non-hydrogen) atoms. The molecule has 0 saturated carbocycles. The molecule has 0 aliphatic rings. The molecule has 0 saturated heterocycles. The number of rotatable bonds is 4. The van der Waals surface area contributed by atoms with E-state index in [0.717, 1.165) is 29.5 Å². The van der Waals surface area contributed by atoms with Gasteiger partial charge in [0.05, 0.1) is 11.4 Å². The number of hydrogen-bond donors (Lipinski definition) is 1. The van der Waals surface area contributed by atoms with E-state index in [0.29, 0.717) is 0 Å². The van der Waals surface area contributed by atoms with Crippen molar-refractivity contribution in [1.29, 1.82) is 0 Å². The fourth-order valence-corrected chi connectivity index (χ4v) is 2.15. The van der Waals surface area contributed by atoms with E-state index in [9.17, 15) is 0 Å². The Balaban J connectivity index is 2.15. The molecule has 0 amide bonds. The third-order valence-electron chi connectivity index (χ3n) is 2.24. The summed E-state index contributed by atoms with van der Waals surface area (Å²) in [4.78, 5) is 8.91. The highest BCUT2D eigenvalue weighted by atomic mass is 32.1. The van der Waals surface area contributed by atoms with Gasteiger partial charge in [-0.15, -0.1) is 11.3 Å². The van der Waals surface area contributed by atoms with Crippen LogP contribution in [-0.4, -0.2) is 16.5 Å². The molecular formula is C12H15N3S. The van der Waals surface area contributed by atoms with E-state index in [1.807, 2.05) is 19.2 Å². The molecule has 0 radical (unpaired) electrons. The van der Waals surface area contributed by atoms with Gasteiger partial charge in [0.1, 0.15) is 5.01 Å². The van der Waals surface area contributed by atoms with Crippen LogP contribution in [-0.2, 0) is 6.54 Å². The van der Waals surface area contributed by atoms with E-state index >= 15 is 0 Å². The molecule has 0 spiro atoms. The fourth-order valence-electron chi connectivity index (χ4n) is 1.35. The van der Waals surface area contributed by atoms with Gasteiger partial charge in [0.2, 0.25) is 0 Å². The monoisotopic (exact) mass is 233 g/mol. The second kappa shape index (κ2) is 5.18. The lowest BCUT2D eigenvalue weighted by atomic mass is 10.3. The van der Waals surface area contributed by atoms with Gasteiger partial charge in [0, 0.05) is 18.1 Å². The predicted molar refractivity (Wildman–Crippen MR) is 67.5 cm³/mol. The normalized spacial score (nSPS) is 10.6. The molecule has 84 valence electrons. The van der Waals surface area contributed by atoms with Crippen LogP contribution in [0.3, 0.4) is 0 Å². The highest BCUT2D eigenvalue weighted by Crippen LogP contribution is 2.21. The summed E-state index contributed by atoms with van der Waals surface area (Å²) in [6, 6.07) is 4.08. The van der Waals surface area contributed by atoms with E-state index in [4.69, 9.17) is 0 Å². The predicted octanol–water partition coefficient (Wildman–Crippen LogP) is 2.62. The summed E-state index contributed by atoms with van der Waals surface area (Å²) in [6.07, 6.45) is 1.88. The van der Waals surface area contributed by atoms with Crippen LogP contribution in [0.25, 0.3) is 10.7 Å². The summed E-state index contributed by atoms with van der Waals surface area (Å²) in [6.45, 7) is 5.93. The molecule has 3 nitrogen and oxygen atoms in total. The van der Waals surface area contributed by atoms with Crippen LogP contribution in [0.15, 0.2) is 23.7 Å². The number of pyridine rings is 1. The number of nitrogens with zero attached hydrogens (tertiary/aromatic N) is 2. The molecule has 0 aliphatic heterocycles. The quantitative estimate of drug-likeness (QED) is 0.882. The van der Waals surface area contributed by atoms with Gasteiger partial charge in [0.15, 0.2) is 0 Å². The summed E-state index contributed by atoms with van der Waals surface area (Å²) >= 11 is 1.65. The molecule has 0 atom stereocenters. The second-order valence-corrected chi connectivity index (χ2v) is 4.50. The van der Waals surface area contributed by atoms with Crippen LogP contribution in [0.4, 0.5) is 0 Å². The number of nitrogens with one attached hydrogen (secondary N) is 1. The van der Waals surface area contributed by atoms with Gasteiger partial charge in [-0.2, -0.15) is 0 Å². The van der Waals surface area contributed by atoms with Crippen molar-refractivity contribution in [2.24, 2.45) is 0 Å². The summed E-state index contributed by atoms with van der Waals surface area (Å²) in [7, 11) is 0. The third-order valence-corrected chi connectivity index (χ3v) is 3.15. The van der Waals surface area contributed by atoms with Gasteiger partial charge in [-0.05, 0) is 25.1 Å². The molecule has 0 unspecified atom stereocenters. The lowest BCUT2D eigenvalue weighted by molar-refractivity contribution is 0.714.